The Bertz CT molecular complexity index is 1490. The zero-order valence-corrected chi connectivity index (χ0v) is 19.1. The van der Waals surface area contributed by atoms with Gasteiger partial charge in [-0.2, -0.15) is 0 Å². The van der Waals surface area contributed by atoms with Gasteiger partial charge in [-0.1, -0.05) is 30.3 Å². The lowest BCUT2D eigenvalue weighted by Gasteiger charge is -2.27. The van der Waals surface area contributed by atoms with Crippen LogP contribution in [0.2, 0.25) is 0 Å². The summed E-state index contributed by atoms with van der Waals surface area (Å²) < 4.78 is 28.8. The molecule has 35 heavy (non-hydrogen) atoms. The summed E-state index contributed by atoms with van der Waals surface area (Å²) in [6.45, 7) is 1.66. The molecule has 1 N–H and O–H groups in total. The molecule has 1 aliphatic rings. The Morgan fingerprint density at radius 1 is 1.06 bits per heavy atom. The Balaban J connectivity index is 1.65. The minimum Gasteiger partial charge on any atom is -0.503 e. The van der Waals surface area contributed by atoms with Crippen molar-refractivity contribution in [2.75, 3.05) is 4.90 Å². The first-order chi connectivity index (χ1) is 16.9. The van der Waals surface area contributed by atoms with Crippen molar-refractivity contribution >= 4 is 28.7 Å². The van der Waals surface area contributed by atoms with Gasteiger partial charge in [0, 0.05) is 24.0 Å². The number of rotatable bonds is 5. The number of benzene rings is 2. The number of pyridine rings is 1. The van der Waals surface area contributed by atoms with E-state index in [1.54, 1.807) is 19.1 Å². The Morgan fingerprint density at radius 3 is 2.49 bits per heavy atom. The zero-order chi connectivity index (χ0) is 24.7. The largest absolute Gasteiger partial charge is 0.503 e. The number of amides is 1. The third-order valence-corrected chi connectivity index (χ3v) is 6.87. The van der Waals surface area contributed by atoms with Crippen molar-refractivity contribution in [1.29, 1.82) is 0 Å². The van der Waals surface area contributed by atoms with Crippen LogP contribution in [0.4, 0.5) is 14.5 Å². The van der Waals surface area contributed by atoms with Crippen LogP contribution in [0.5, 0.6) is 0 Å². The number of carbonyl (C=O) groups is 2. The van der Waals surface area contributed by atoms with Crippen LogP contribution in [0.3, 0.4) is 0 Å². The van der Waals surface area contributed by atoms with Gasteiger partial charge in [0.15, 0.2) is 5.76 Å². The molecule has 2 aromatic heterocycles. The van der Waals surface area contributed by atoms with Crippen molar-refractivity contribution < 1.29 is 23.5 Å². The molecule has 0 spiro atoms. The van der Waals surface area contributed by atoms with Gasteiger partial charge in [-0.25, -0.2) is 13.8 Å². The Kier molecular flexibility index (Phi) is 5.70. The summed E-state index contributed by atoms with van der Waals surface area (Å²) in [6.07, 6.45) is 2.89. The van der Waals surface area contributed by atoms with Crippen LogP contribution in [-0.2, 0) is 4.79 Å². The molecule has 9 heteroatoms. The first-order valence-corrected chi connectivity index (χ1v) is 11.4. The molecule has 0 fully saturated rings. The molecule has 1 atom stereocenters. The SMILES string of the molecule is Cc1nc(-c2ccccc2)sc1C(=O)C1=C(O)C(=O)N(c2cc(F)ccc2F)C1c1ccncc1. The van der Waals surface area contributed by atoms with Crippen LogP contribution in [-0.4, -0.2) is 26.8 Å². The lowest BCUT2D eigenvalue weighted by molar-refractivity contribution is -0.117. The molecule has 0 radical (unpaired) electrons. The maximum atomic E-state index is 14.8. The summed E-state index contributed by atoms with van der Waals surface area (Å²) in [5.41, 5.74) is 1.01. The molecule has 2 aromatic carbocycles. The van der Waals surface area contributed by atoms with Gasteiger partial charge < -0.3 is 5.11 Å². The number of hydrogen-bond donors (Lipinski definition) is 1. The van der Waals surface area contributed by atoms with Crippen molar-refractivity contribution in [2.24, 2.45) is 0 Å². The first kappa shape index (κ1) is 22.5. The van der Waals surface area contributed by atoms with E-state index in [0.717, 1.165) is 40.0 Å². The minimum absolute atomic E-state index is 0.235. The van der Waals surface area contributed by atoms with E-state index in [-0.39, 0.29) is 10.5 Å². The lowest BCUT2D eigenvalue weighted by atomic mass is 9.95. The van der Waals surface area contributed by atoms with E-state index in [2.05, 4.69) is 9.97 Å². The number of Topliss-reactive ketones (excluding diaryl/α,β-unsaturated/α-hetero) is 1. The highest BCUT2D eigenvalue weighted by Crippen LogP contribution is 2.44. The van der Waals surface area contributed by atoms with Crippen molar-refractivity contribution in [3.05, 3.63) is 112 Å². The standard InChI is InChI=1S/C26H17F2N3O3S/c1-14-24(35-25(30-14)16-5-3-2-4-6-16)22(32)20-21(15-9-11-29-12-10-15)31(26(34)23(20)33)19-13-17(27)7-8-18(19)28/h2-13,21,33H,1H3. The van der Waals surface area contributed by atoms with E-state index in [4.69, 9.17) is 0 Å². The quantitative estimate of drug-likeness (QED) is 0.371. The third-order valence-electron chi connectivity index (χ3n) is 5.67. The number of aryl methyl sites for hydroxylation is 1. The zero-order valence-electron chi connectivity index (χ0n) is 18.3. The summed E-state index contributed by atoms with van der Waals surface area (Å²) in [5, 5.41) is 11.4. The fourth-order valence-electron chi connectivity index (χ4n) is 4.05. The number of carbonyl (C=O) groups excluding carboxylic acids is 2. The van der Waals surface area contributed by atoms with Crippen molar-refractivity contribution in [2.45, 2.75) is 13.0 Å². The van der Waals surface area contributed by atoms with Crippen LogP contribution >= 0.6 is 11.3 Å². The van der Waals surface area contributed by atoms with Crippen LogP contribution in [0.25, 0.3) is 10.6 Å². The Labute approximate surface area is 202 Å². The number of aliphatic hydroxyl groups is 1. The van der Waals surface area contributed by atoms with Crippen molar-refractivity contribution in [1.82, 2.24) is 9.97 Å². The highest BCUT2D eigenvalue weighted by Gasteiger charge is 2.46. The number of aliphatic hydroxyl groups excluding tert-OH is 1. The highest BCUT2D eigenvalue weighted by atomic mass is 32.1. The smallest absolute Gasteiger partial charge is 0.294 e. The van der Waals surface area contributed by atoms with Crippen LogP contribution in [0, 0.1) is 18.6 Å². The molecule has 3 heterocycles. The molecule has 5 rings (SSSR count). The molecule has 1 amide bonds. The Hall–Kier alpha value is -4.24. The predicted octanol–water partition coefficient (Wildman–Crippen LogP) is 5.57. The molecule has 1 aliphatic heterocycles. The van der Waals surface area contributed by atoms with Crippen LogP contribution in [0.1, 0.15) is 27.0 Å². The average molecular weight is 490 g/mol. The highest BCUT2D eigenvalue weighted by molar-refractivity contribution is 7.17. The topological polar surface area (TPSA) is 83.4 Å². The first-order valence-electron chi connectivity index (χ1n) is 10.6. The molecule has 0 bridgehead atoms. The summed E-state index contributed by atoms with van der Waals surface area (Å²) in [5.74, 6) is -4.10. The average Bonchev–Trinajstić information content (AvgIpc) is 3.39. The van der Waals surface area contributed by atoms with Crippen molar-refractivity contribution in [3.8, 4) is 10.6 Å². The summed E-state index contributed by atoms with van der Waals surface area (Å²) in [6, 6.07) is 13.8. The van der Waals surface area contributed by atoms with E-state index in [1.807, 2.05) is 30.3 Å². The minimum atomic E-state index is -1.20. The maximum Gasteiger partial charge on any atom is 0.294 e. The number of halogens is 2. The molecule has 0 saturated heterocycles. The van der Waals surface area contributed by atoms with Crippen LogP contribution < -0.4 is 4.90 Å². The molecular formula is C26H17F2N3O3S. The molecule has 6 nitrogen and oxygen atoms in total. The van der Waals surface area contributed by atoms with Gasteiger partial charge in [0.1, 0.15) is 16.6 Å². The Morgan fingerprint density at radius 2 is 1.77 bits per heavy atom. The lowest BCUT2D eigenvalue weighted by Crippen LogP contribution is -2.32. The second-order valence-electron chi connectivity index (χ2n) is 7.84. The van der Waals surface area contributed by atoms with Gasteiger partial charge in [-0.3, -0.25) is 19.5 Å². The number of hydrogen-bond acceptors (Lipinski definition) is 6. The fourth-order valence-corrected chi connectivity index (χ4v) is 5.08. The summed E-state index contributed by atoms with van der Waals surface area (Å²) >= 11 is 1.13. The summed E-state index contributed by atoms with van der Waals surface area (Å²) in [7, 11) is 0. The number of anilines is 1. The molecule has 1 unspecified atom stereocenters. The molecule has 174 valence electrons. The molecular weight excluding hydrogens is 472 g/mol. The van der Waals surface area contributed by atoms with Gasteiger partial charge in [0.2, 0.25) is 5.78 Å². The van der Waals surface area contributed by atoms with Crippen LogP contribution in [0.15, 0.2) is 84.4 Å². The van der Waals surface area contributed by atoms with E-state index in [9.17, 15) is 23.5 Å². The maximum absolute atomic E-state index is 14.8. The predicted molar refractivity (Wildman–Crippen MR) is 127 cm³/mol. The third kappa shape index (κ3) is 3.89. The number of thiazole rings is 1. The molecule has 4 aromatic rings. The number of ketones is 1. The van der Waals surface area contributed by atoms with Gasteiger partial charge in [0.05, 0.1) is 27.9 Å². The van der Waals surface area contributed by atoms with E-state index >= 15 is 0 Å². The number of nitrogens with zero attached hydrogens (tertiary/aromatic N) is 3. The van der Waals surface area contributed by atoms with Gasteiger partial charge in [0.25, 0.3) is 5.91 Å². The monoisotopic (exact) mass is 489 g/mol. The van der Waals surface area contributed by atoms with E-state index < -0.39 is 40.8 Å². The summed E-state index contributed by atoms with van der Waals surface area (Å²) in [4.78, 5) is 36.5. The normalized spacial score (nSPS) is 15.7. The molecule has 0 saturated carbocycles. The second-order valence-corrected chi connectivity index (χ2v) is 8.84. The second kappa shape index (κ2) is 8.84. The van der Waals surface area contributed by atoms with Crippen molar-refractivity contribution in [3.63, 3.8) is 0 Å². The van der Waals surface area contributed by atoms with Gasteiger partial charge in [-0.15, -0.1) is 11.3 Å². The fraction of sp³-hybridized carbons (Fsp3) is 0.0769. The van der Waals surface area contributed by atoms with E-state index in [1.165, 1.54) is 12.4 Å². The van der Waals surface area contributed by atoms with Gasteiger partial charge in [-0.05, 0) is 36.8 Å². The van der Waals surface area contributed by atoms with Gasteiger partial charge >= 0.3 is 0 Å². The molecule has 0 aliphatic carbocycles. The van der Waals surface area contributed by atoms with E-state index in [0.29, 0.717) is 16.3 Å². The number of aromatic nitrogens is 2.